The molecule has 0 aromatic heterocycles. The molecule has 1 amide bonds. The Kier molecular flexibility index (Phi) is 4.74. The number of likely N-dealkylation sites (tertiary alicyclic amines) is 1. The molecule has 0 unspecified atom stereocenters. The summed E-state index contributed by atoms with van der Waals surface area (Å²) >= 11 is 6.05. The van der Waals surface area contributed by atoms with Crippen LogP contribution in [0.5, 0.6) is 11.5 Å². The summed E-state index contributed by atoms with van der Waals surface area (Å²) in [7, 11) is 0. The zero-order valence-corrected chi connectivity index (χ0v) is 15.2. The number of ketones is 1. The van der Waals surface area contributed by atoms with E-state index in [-0.39, 0.29) is 36.2 Å². The number of amides is 1. The zero-order valence-electron chi connectivity index (χ0n) is 14.4. The van der Waals surface area contributed by atoms with Gasteiger partial charge in [-0.25, -0.2) is 4.39 Å². The van der Waals surface area contributed by atoms with E-state index in [1.54, 1.807) is 17.0 Å². The fourth-order valence-corrected chi connectivity index (χ4v) is 3.43. The maximum atomic E-state index is 14.3. The van der Waals surface area contributed by atoms with Crippen molar-refractivity contribution in [1.29, 1.82) is 0 Å². The van der Waals surface area contributed by atoms with E-state index in [1.807, 2.05) is 12.1 Å². The summed E-state index contributed by atoms with van der Waals surface area (Å²) < 4.78 is 25.2. The van der Waals surface area contributed by atoms with Gasteiger partial charge in [-0.15, -0.1) is 0 Å². The number of para-hydroxylation sites is 1. The molecule has 7 heteroatoms. The Morgan fingerprint density at radius 3 is 2.85 bits per heavy atom. The van der Waals surface area contributed by atoms with Crippen LogP contribution in [0.4, 0.5) is 4.39 Å². The van der Waals surface area contributed by atoms with Gasteiger partial charge < -0.3 is 14.4 Å². The Labute approximate surface area is 160 Å². The molecule has 2 heterocycles. The van der Waals surface area contributed by atoms with Crippen molar-refractivity contribution in [2.24, 2.45) is 5.92 Å². The van der Waals surface area contributed by atoms with Crippen molar-refractivity contribution in [2.75, 3.05) is 26.3 Å². The van der Waals surface area contributed by atoms with Crippen LogP contribution in [0, 0.1) is 11.7 Å². The molecule has 0 atom stereocenters. The number of carbonyl (C=O) groups is 2. The number of nitrogens with zero attached hydrogens (tertiary/aromatic N) is 1. The number of hydrogen-bond acceptors (Lipinski definition) is 4. The molecular weight excluding hydrogens is 373 g/mol. The highest BCUT2D eigenvalue weighted by atomic mass is 35.5. The highest BCUT2D eigenvalue weighted by Crippen LogP contribution is 2.29. The molecule has 5 nitrogen and oxygen atoms in total. The topological polar surface area (TPSA) is 55.8 Å². The molecule has 0 saturated carbocycles. The number of halogens is 2. The average Bonchev–Trinajstić information content (AvgIpc) is 2.61. The molecule has 1 saturated heterocycles. The van der Waals surface area contributed by atoms with Crippen molar-refractivity contribution >= 4 is 23.3 Å². The second-order valence-electron chi connectivity index (χ2n) is 6.76. The van der Waals surface area contributed by atoms with Crippen LogP contribution >= 0.6 is 11.6 Å². The SMILES string of the molecule is O=C1COc2cc(F)c(C(=O)N3CC(COc4ccccc4Cl)C3)cc2C1. The Bertz CT molecular complexity index is 911. The van der Waals surface area contributed by atoms with E-state index in [0.717, 1.165) is 0 Å². The predicted octanol–water partition coefficient (Wildman–Crippen LogP) is 3.13. The first kappa shape index (κ1) is 17.8. The van der Waals surface area contributed by atoms with Crippen molar-refractivity contribution in [3.63, 3.8) is 0 Å². The minimum Gasteiger partial charge on any atom is -0.492 e. The summed E-state index contributed by atoms with van der Waals surface area (Å²) in [6, 6.07) is 9.82. The maximum Gasteiger partial charge on any atom is 0.256 e. The molecule has 0 radical (unpaired) electrons. The number of Topliss-reactive ketones (excluding diaryl/α,β-unsaturated/α-hetero) is 1. The number of hydrogen-bond donors (Lipinski definition) is 0. The van der Waals surface area contributed by atoms with E-state index >= 15 is 0 Å². The van der Waals surface area contributed by atoms with Crippen molar-refractivity contribution < 1.29 is 23.5 Å². The lowest BCUT2D eigenvalue weighted by Gasteiger charge is -2.39. The highest BCUT2D eigenvalue weighted by molar-refractivity contribution is 6.32. The Hall–Kier alpha value is -2.60. The maximum absolute atomic E-state index is 14.3. The first-order chi connectivity index (χ1) is 13.0. The molecule has 2 aliphatic heterocycles. The summed E-state index contributed by atoms with van der Waals surface area (Å²) in [5.41, 5.74) is 0.521. The van der Waals surface area contributed by atoms with Gasteiger partial charge in [0.05, 0.1) is 17.2 Å². The van der Waals surface area contributed by atoms with Crippen molar-refractivity contribution in [2.45, 2.75) is 6.42 Å². The van der Waals surface area contributed by atoms with Crippen LogP contribution in [0.1, 0.15) is 15.9 Å². The molecule has 140 valence electrons. The summed E-state index contributed by atoms with van der Waals surface area (Å²) in [4.78, 5) is 25.7. The van der Waals surface area contributed by atoms with Gasteiger partial charge in [-0.1, -0.05) is 23.7 Å². The largest absolute Gasteiger partial charge is 0.492 e. The molecule has 4 rings (SSSR count). The van der Waals surface area contributed by atoms with Gasteiger partial charge in [-0.05, 0) is 18.2 Å². The Morgan fingerprint density at radius 1 is 1.30 bits per heavy atom. The van der Waals surface area contributed by atoms with E-state index in [9.17, 15) is 14.0 Å². The van der Waals surface area contributed by atoms with Gasteiger partial charge in [0.2, 0.25) is 0 Å². The Balaban J connectivity index is 1.37. The molecule has 0 bridgehead atoms. The molecule has 1 fully saturated rings. The van der Waals surface area contributed by atoms with Crippen molar-refractivity contribution in [3.05, 3.63) is 58.4 Å². The van der Waals surface area contributed by atoms with E-state index < -0.39 is 5.82 Å². The summed E-state index contributed by atoms with van der Waals surface area (Å²) in [5.74, 6) is -0.0112. The third-order valence-electron chi connectivity index (χ3n) is 4.71. The van der Waals surface area contributed by atoms with Crippen LogP contribution < -0.4 is 9.47 Å². The number of fused-ring (bicyclic) bond motifs is 1. The van der Waals surface area contributed by atoms with Crippen LogP contribution in [0.3, 0.4) is 0 Å². The molecule has 0 N–H and O–H groups in total. The van der Waals surface area contributed by atoms with E-state index in [4.69, 9.17) is 21.1 Å². The number of benzene rings is 2. The number of rotatable bonds is 4. The molecule has 0 spiro atoms. The van der Waals surface area contributed by atoms with Gasteiger partial charge in [0.15, 0.2) is 5.78 Å². The standard InChI is InChI=1S/C20H17ClFNO4/c21-16-3-1-2-4-18(16)26-10-12-8-23(9-12)20(25)15-6-13-5-14(24)11-27-19(13)7-17(15)22/h1-4,6-7,12H,5,8-11H2. The minimum atomic E-state index is -0.635. The quantitative estimate of drug-likeness (QED) is 0.806. The van der Waals surface area contributed by atoms with Crippen molar-refractivity contribution in [3.8, 4) is 11.5 Å². The van der Waals surface area contributed by atoms with Crippen LogP contribution in [-0.4, -0.2) is 42.9 Å². The highest BCUT2D eigenvalue weighted by Gasteiger charge is 2.34. The first-order valence-electron chi connectivity index (χ1n) is 8.65. The molecule has 0 aliphatic carbocycles. The molecule has 2 aromatic carbocycles. The zero-order chi connectivity index (χ0) is 19.0. The number of carbonyl (C=O) groups excluding carboxylic acids is 2. The van der Waals surface area contributed by atoms with E-state index in [1.165, 1.54) is 12.1 Å². The van der Waals surface area contributed by atoms with Crippen LogP contribution in [0.25, 0.3) is 0 Å². The normalized spacial score (nSPS) is 16.4. The van der Waals surface area contributed by atoms with Gasteiger partial charge in [-0.3, -0.25) is 9.59 Å². The Morgan fingerprint density at radius 2 is 2.07 bits per heavy atom. The third-order valence-corrected chi connectivity index (χ3v) is 5.02. The minimum absolute atomic E-state index is 0.0301. The second-order valence-corrected chi connectivity index (χ2v) is 7.17. The monoisotopic (exact) mass is 389 g/mol. The van der Waals surface area contributed by atoms with Gasteiger partial charge >= 0.3 is 0 Å². The fourth-order valence-electron chi connectivity index (χ4n) is 3.24. The summed E-state index contributed by atoms with van der Waals surface area (Å²) in [5, 5.41) is 0.539. The van der Waals surface area contributed by atoms with Crippen LogP contribution in [-0.2, 0) is 11.2 Å². The predicted molar refractivity (Wildman–Crippen MR) is 96.9 cm³/mol. The lowest BCUT2D eigenvalue weighted by Crippen LogP contribution is -2.52. The van der Waals surface area contributed by atoms with Gasteiger partial charge in [0.1, 0.15) is 23.9 Å². The summed E-state index contributed by atoms with van der Waals surface area (Å²) in [6.07, 6.45) is 0.157. The molecule has 27 heavy (non-hydrogen) atoms. The first-order valence-corrected chi connectivity index (χ1v) is 9.02. The smallest absolute Gasteiger partial charge is 0.256 e. The van der Waals surface area contributed by atoms with Crippen LogP contribution in [0.15, 0.2) is 36.4 Å². The molecule has 2 aromatic rings. The second kappa shape index (κ2) is 7.19. The third kappa shape index (κ3) is 3.62. The van der Waals surface area contributed by atoms with Crippen LogP contribution in [0.2, 0.25) is 5.02 Å². The molecule has 2 aliphatic rings. The number of ether oxygens (including phenoxy) is 2. The summed E-state index contributed by atoms with van der Waals surface area (Å²) in [6.45, 7) is 1.34. The van der Waals surface area contributed by atoms with Gasteiger partial charge in [-0.2, -0.15) is 0 Å². The average molecular weight is 390 g/mol. The molecular formula is C20H17ClFNO4. The fraction of sp³-hybridized carbons (Fsp3) is 0.300. The van der Waals surface area contributed by atoms with E-state index in [0.29, 0.717) is 41.8 Å². The van der Waals surface area contributed by atoms with E-state index in [2.05, 4.69) is 0 Å². The van der Waals surface area contributed by atoms with Gasteiger partial charge in [0.25, 0.3) is 5.91 Å². The van der Waals surface area contributed by atoms with Crippen molar-refractivity contribution in [1.82, 2.24) is 4.90 Å². The lowest BCUT2D eigenvalue weighted by atomic mass is 9.97. The van der Waals surface area contributed by atoms with Gasteiger partial charge in [0, 0.05) is 37.1 Å². The lowest BCUT2D eigenvalue weighted by molar-refractivity contribution is -0.121.